The molecule has 3 aromatic rings. The summed E-state index contributed by atoms with van der Waals surface area (Å²) in [4.78, 5) is 36.7. The van der Waals surface area contributed by atoms with Crippen molar-refractivity contribution in [3.05, 3.63) is 95.6 Å². The van der Waals surface area contributed by atoms with E-state index in [4.69, 9.17) is 4.74 Å². The molecule has 158 valence electrons. The molecule has 6 heteroatoms. The lowest BCUT2D eigenvalue weighted by atomic mass is 10.0. The molecule has 3 aromatic carbocycles. The van der Waals surface area contributed by atoms with E-state index in [2.05, 4.69) is 10.1 Å². The number of carbonyl (C=O) groups excluding carboxylic acids is 3. The molecular weight excluding hydrogens is 394 g/mol. The van der Waals surface area contributed by atoms with Gasteiger partial charge in [-0.2, -0.15) is 0 Å². The molecule has 0 aromatic heterocycles. The van der Waals surface area contributed by atoms with Gasteiger partial charge in [-0.3, -0.25) is 4.79 Å². The first-order valence-corrected chi connectivity index (χ1v) is 9.73. The Balaban J connectivity index is 1.74. The number of hydrogen-bond acceptors (Lipinski definition) is 5. The molecule has 3 rings (SSSR count). The minimum absolute atomic E-state index is 0.247. The molecule has 0 unspecified atom stereocenters. The Bertz CT molecular complexity index is 1060. The minimum atomic E-state index is -0.873. The quantitative estimate of drug-likeness (QED) is 0.594. The van der Waals surface area contributed by atoms with Crippen molar-refractivity contribution in [2.24, 2.45) is 0 Å². The fourth-order valence-electron chi connectivity index (χ4n) is 3.18. The highest BCUT2D eigenvalue weighted by Crippen LogP contribution is 2.20. The average Bonchev–Trinajstić information content (AvgIpc) is 2.83. The van der Waals surface area contributed by atoms with E-state index in [9.17, 15) is 14.4 Å². The molecule has 0 spiro atoms. The maximum Gasteiger partial charge on any atom is 0.337 e. The zero-order valence-electron chi connectivity index (χ0n) is 17.3. The van der Waals surface area contributed by atoms with Gasteiger partial charge in [0.25, 0.3) is 5.91 Å². The number of esters is 2. The van der Waals surface area contributed by atoms with Crippen molar-refractivity contribution in [2.45, 2.75) is 12.5 Å². The number of benzene rings is 3. The van der Waals surface area contributed by atoms with Gasteiger partial charge < -0.3 is 14.8 Å². The lowest BCUT2D eigenvalue weighted by molar-refractivity contribution is -0.142. The van der Waals surface area contributed by atoms with Gasteiger partial charge in [-0.15, -0.1) is 0 Å². The van der Waals surface area contributed by atoms with Crippen LogP contribution in [0.25, 0.3) is 11.1 Å². The summed E-state index contributed by atoms with van der Waals surface area (Å²) in [6.07, 6.45) is 0.268. The zero-order valence-corrected chi connectivity index (χ0v) is 17.3. The average molecular weight is 417 g/mol. The van der Waals surface area contributed by atoms with Crippen molar-refractivity contribution >= 4 is 17.8 Å². The molecule has 0 fully saturated rings. The number of methoxy groups -OCH3 is 2. The highest BCUT2D eigenvalue weighted by Gasteiger charge is 2.23. The zero-order chi connectivity index (χ0) is 22.2. The van der Waals surface area contributed by atoms with Crippen LogP contribution in [-0.2, 0) is 20.7 Å². The molecule has 1 amide bonds. The van der Waals surface area contributed by atoms with Crippen LogP contribution in [-0.4, -0.2) is 38.1 Å². The van der Waals surface area contributed by atoms with E-state index in [-0.39, 0.29) is 17.5 Å². The number of nitrogens with one attached hydrogen (secondary N) is 1. The second-order valence-electron chi connectivity index (χ2n) is 6.89. The fraction of sp³-hybridized carbons (Fsp3) is 0.160. The number of hydrogen-bond donors (Lipinski definition) is 1. The van der Waals surface area contributed by atoms with Crippen LogP contribution < -0.4 is 5.32 Å². The van der Waals surface area contributed by atoms with Crippen LogP contribution >= 0.6 is 0 Å². The second-order valence-corrected chi connectivity index (χ2v) is 6.89. The van der Waals surface area contributed by atoms with Crippen molar-refractivity contribution < 1.29 is 23.9 Å². The third-order valence-electron chi connectivity index (χ3n) is 4.84. The smallest absolute Gasteiger partial charge is 0.337 e. The maximum atomic E-state index is 12.7. The first kappa shape index (κ1) is 21.8. The third kappa shape index (κ3) is 5.57. The van der Waals surface area contributed by atoms with Crippen molar-refractivity contribution in [1.82, 2.24) is 5.32 Å². The van der Waals surface area contributed by atoms with Crippen LogP contribution in [0.15, 0.2) is 78.9 Å². The van der Waals surface area contributed by atoms with Gasteiger partial charge in [0.2, 0.25) is 0 Å². The van der Waals surface area contributed by atoms with E-state index < -0.39 is 23.9 Å². The summed E-state index contributed by atoms with van der Waals surface area (Å²) in [5.74, 6) is -1.58. The Kier molecular flexibility index (Phi) is 7.17. The minimum Gasteiger partial charge on any atom is -0.467 e. The lowest BCUT2D eigenvalue weighted by Crippen LogP contribution is -2.43. The van der Waals surface area contributed by atoms with Gasteiger partial charge in [0, 0.05) is 12.0 Å². The summed E-state index contributed by atoms with van der Waals surface area (Å²) < 4.78 is 9.55. The Hall–Kier alpha value is -3.93. The molecule has 0 bridgehead atoms. The van der Waals surface area contributed by atoms with Gasteiger partial charge in [0.15, 0.2) is 0 Å². The standard InChI is InChI=1S/C25H23NO5/c1-30-24(28)21-10-6-9-20(16-21)23(27)26-22(25(29)31-2)15-17-11-13-19(14-12-17)18-7-4-3-5-8-18/h3-14,16,22H,15H2,1-2H3,(H,26,27)/t22-/m1/s1. The summed E-state index contributed by atoms with van der Waals surface area (Å²) in [7, 11) is 2.54. The van der Waals surface area contributed by atoms with Gasteiger partial charge in [0.05, 0.1) is 19.8 Å². The van der Waals surface area contributed by atoms with E-state index in [1.165, 1.54) is 20.3 Å². The summed E-state index contributed by atoms with van der Waals surface area (Å²) in [5.41, 5.74) is 3.52. The summed E-state index contributed by atoms with van der Waals surface area (Å²) >= 11 is 0. The van der Waals surface area contributed by atoms with Crippen LogP contribution in [0.3, 0.4) is 0 Å². The Morgan fingerprint density at radius 2 is 1.42 bits per heavy atom. The van der Waals surface area contributed by atoms with Crippen molar-refractivity contribution in [3.63, 3.8) is 0 Å². The Morgan fingerprint density at radius 3 is 2.06 bits per heavy atom. The number of ether oxygens (including phenoxy) is 2. The maximum absolute atomic E-state index is 12.7. The molecule has 1 N–H and O–H groups in total. The predicted octanol–water partition coefficient (Wildman–Crippen LogP) is 3.65. The van der Waals surface area contributed by atoms with Crippen LogP contribution in [0.5, 0.6) is 0 Å². The van der Waals surface area contributed by atoms with Gasteiger partial charge in [-0.05, 0) is 34.9 Å². The molecule has 0 aliphatic rings. The molecule has 1 atom stereocenters. The summed E-state index contributed by atoms with van der Waals surface area (Å²) in [6.45, 7) is 0. The molecule has 31 heavy (non-hydrogen) atoms. The van der Waals surface area contributed by atoms with Crippen LogP contribution in [0, 0.1) is 0 Å². The van der Waals surface area contributed by atoms with Crippen LogP contribution in [0.4, 0.5) is 0 Å². The fourth-order valence-corrected chi connectivity index (χ4v) is 3.18. The SMILES string of the molecule is COC(=O)c1cccc(C(=O)N[C@H](Cc2ccc(-c3ccccc3)cc2)C(=O)OC)c1. The summed E-state index contributed by atoms with van der Waals surface area (Å²) in [6, 6.07) is 23.0. The Labute approximate surface area is 180 Å². The summed E-state index contributed by atoms with van der Waals surface area (Å²) in [5, 5.41) is 2.70. The molecular formula is C25H23NO5. The predicted molar refractivity (Wildman–Crippen MR) is 117 cm³/mol. The van der Waals surface area contributed by atoms with Gasteiger partial charge in [0.1, 0.15) is 6.04 Å². The monoisotopic (exact) mass is 417 g/mol. The van der Waals surface area contributed by atoms with Crippen molar-refractivity contribution in [1.29, 1.82) is 0 Å². The van der Waals surface area contributed by atoms with E-state index in [0.29, 0.717) is 0 Å². The van der Waals surface area contributed by atoms with E-state index in [1.54, 1.807) is 18.2 Å². The van der Waals surface area contributed by atoms with Crippen LogP contribution in [0.1, 0.15) is 26.3 Å². The van der Waals surface area contributed by atoms with Crippen molar-refractivity contribution in [2.75, 3.05) is 14.2 Å². The molecule has 0 heterocycles. The van der Waals surface area contributed by atoms with E-state index in [1.807, 2.05) is 54.6 Å². The van der Waals surface area contributed by atoms with Crippen LogP contribution in [0.2, 0.25) is 0 Å². The molecule has 0 aliphatic carbocycles. The molecule has 6 nitrogen and oxygen atoms in total. The van der Waals surface area contributed by atoms with E-state index in [0.717, 1.165) is 16.7 Å². The number of carbonyl (C=O) groups is 3. The normalized spacial score (nSPS) is 11.3. The molecule has 0 saturated heterocycles. The van der Waals surface area contributed by atoms with E-state index >= 15 is 0 Å². The highest BCUT2D eigenvalue weighted by molar-refractivity contribution is 5.99. The van der Waals surface area contributed by atoms with Crippen molar-refractivity contribution in [3.8, 4) is 11.1 Å². The second kappa shape index (κ2) is 10.2. The van der Waals surface area contributed by atoms with Gasteiger partial charge in [-0.1, -0.05) is 60.7 Å². The third-order valence-corrected chi connectivity index (χ3v) is 4.84. The van der Waals surface area contributed by atoms with Gasteiger partial charge >= 0.3 is 11.9 Å². The Morgan fingerprint density at radius 1 is 0.774 bits per heavy atom. The topological polar surface area (TPSA) is 81.7 Å². The molecule has 0 radical (unpaired) electrons. The largest absolute Gasteiger partial charge is 0.467 e. The molecule has 0 aliphatic heterocycles. The number of rotatable bonds is 7. The first-order chi connectivity index (χ1) is 15.0. The van der Waals surface area contributed by atoms with Gasteiger partial charge in [-0.25, -0.2) is 9.59 Å². The lowest BCUT2D eigenvalue weighted by Gasteiger charge is -2.17. The number of amides is 1. The molecule has 0 saturated carbocycles. The first-order valence-electron chi connectivity index (χ1n) is 9.73. The highest BCUT2D eigenvalue weighted by atomic mass is 16.5.